The fraction of sp³-hybridized carbons (Fsp3) is 0.918. The van der Waals surface area contributed by atoms with E-state index in [-0.39, 0.29) is 119 Å². The van der Waals surface area contributed by atoms with Gasteiger partial charge in [0, 0.05) is 19.4 Å². The van der Waals surface area contributed by atoms with Crippen molar-refractivity contribution in [3.63, 3.8) is 0 Å². The standard InChI is InChI=1S/C73H129NO13/c1-5-9-16-26-58-32-40-64(41-33-58)70(78)84-54-62(55-85-71(79)65-42-34-59(35-43-65)27-17-10-6-2)52-82-68(76)30-20-13-22-48-74(50-24-15-25-51-75)49-23-14-21-31-69(77)83-53-63(56-86-72(80)66-44-36-60(37-45-66)28-18-11-7-3)57-87-73(81)67-46-38-61(39-47-67)29-19-12-8-4/h58-67,75H,5-57H2,1-4H3. The summed E-state index contributed by atoms with van der Waals surface area (Å²) in [4.78, 5) is 82.0. The largest absolute Gasteiger partial charge is 0.465 e. The van der Waals surface area contributed by atoms with Crippen LogP contribution in [-0.2, 0) is 57.2 Å². The van der Waals surface area contributed by atoms with E-state index in [1.807, 2.05) is 0 Å². The van der Waals surface area contributed by atoms with Gasteiger partial charge < -0.3 is 38.4 Å². The molecule has 0 radical (unpaired) electrons. The number of hydrogen-bond donors (Lipinski definition) is 1. The summed E-state index contributed by atoms with van der Waals surface area (Å²) >= 11 is 0. The van der Waals surface area contributed by atoms with Gasteiger partial charge in [-0.3, -0.25) is 28.8 Å². The van der Waals surface area contributed by atoms with Crippen LogP contribution in [-0.4, -0.2) is 112 Å². The Morgan fingerprint density at radius 2 is 0.575 bits per heavy atom. The van der Waals surface area contributed by atoms with Crippen LogP contribution in [0.3, 0.4) is 0 Å². The van der Waals surface area contributed by atoms with Gasteiger partial charge in [-0.05, 0) is 191 Å². The van der Waals surface area contributed by atoms with E-state index < -0.39 is 11.8 Å². The minimum absolute atomic E-state index is 0.0297. The number of rotatable bonds is 49. The van der Waals surface area contributed by atoms with Crippen LogP contribution < -0.4 is 0 Å². The molecule has 87 heavy (non-hydrogen) atoms. The topological polar surface area (TPSA) is 181 Å². The smallest absolute Gasteiger partial charge is 0.308 e. The van der Waals surface area contributed by atoms with Crippen molar-refractivity contribution in [3.05, 3.63) is 0 Å². The minimum Gasteiger partial charge on any atom is -0.465 e. The zero-order valence-corrected chi connectivity index (χ0v) is 56.0. The summed E-state index contributed by atoms with van der Waals surface area (Å²) in [5.74, 6) is 0.0677. The van der Waals surface area contributed by atoms with E-state index >= 15 is 0 Å². The predicted molar refractivity (Wildman–Crippen MR) is 345 cm³/mol. The Morgan fingerprint density at radius 3 is 0.828 bits per heavy atom. The molecule has 0 aliphatic heterocycles. The SMILES string of the molecule is CCCCCC1CCC(C(=O)OCC(COC(=O)CCCCCN(CCCCCO)CCCCCC(=O)OCC(COC(=O)C2CCC(CCCCC)CC2)COC(=O)C2CCC(CCCCC)CC2)COC(=O)C2CCC(CCCCC)CC2)CC1. The van der Waals surface area contributed by atoms with Gasteiger partial charge in [-0.15, -0.1) is 0 Å². The molecule has 4 fully saturated rings. The van der Waals surface area contributed by atoms with E-state index in [1.54, 1.807) is 0 Å². The van der Waals surface area contributed by atoms with Crippen LogP contribution in [0.15, 0.2) is 0 Å². The molecular formula is C73H129NO13. The Bertz CT molecular complexity index is 1580. The van der Waals surface area contributed by atoms with Crippen LogP contribution >= 0.6 is 0 Å². The van der Waals surface area contributed by atoms with Gasteiger partial charge in [0.25, 0.3) is 0 Å². The molecule has 504 valence electrons. The van der Waals surface area contributed by atoms with Crippen LogP contribution in [0.2, 0.25) is 0 Å². The Labute approximate surface area is 529 Å². The molecule has 4 rings (SSSR count). The molecule has 0 bridgehead atoms. The van der Waals surface area contributed by atoms with E-state index in [1.165, 1.54) is 103 Å². The summed E-state index contributed by atoms with van der Waals surface area (Å²) in [5, 5.41) is 9.42. The summed E-state index contributed by atoms with van der Waals surface area (Å²) in [5.41, 5.74) is 0. The summed E-state index contributed by atoms with van der Waals surface area (Å²) in [6, 6.07) is 0. The number of aliphatic hydroxyl groups is 1. The van der Waals surface area contributed by atoms with Crippen molar-refractivity contribution in [1.29, 1.82) is 0 Å². The lowest BCUT2D eigenvalue weighted by atomic mass is 9.80. The Morgan fingerprint density at radius 1 is 0.322 bits per heavy atom. The van der Waals surface area contributed by atoms with Crippen LogP contribution in [0.5, 0.6) is 0 Å². The number of hydrogen-bond acceptors (Lipinski definition) is 14. The maximum atomic E-state index is 13.3. The first-order chi connectivity index (χ1) is 42.4. The molecule has 14 nitrogen and oxygen atoms in total. The first-order valence-corrected chi connectivity index (χ1v) is 36.8. The van der Waals surface area contributed by atoms with Crippen molar-refractivity contribution in [3.8, 4) is 0 Å². The summed E-state index contributed by atoms with van der Waals surface area (Å²) < 4.78 is 35.1. The number of esters is 6. The number of carbonyl (C=O) groups excluding carboxylic acids is 6. The highest BCUT2D eigenvalue weighted by Crippen LogP contribution is 2.37. The fourth-order valence-electron chi connectivity index (χ4n) is 14.1. The van der Waals surface area contributed by atoms with E-state index in [0.29, 0.717) is 36.5 Å². The lowest BCUT2D eigenvalue weighted by Crippen LogP contribution is -2.31. The van der Waals surface area contributed by atoms with Crippen molar-refractivity contribution < 1.29 is 62.3 Å². The van der Waals surface area contributed by atoms with E-state index in [0.717, 1.165) is 167 Å². The molecule has 1 N–H and O–H groups in total. The molecular weight excluding hydrogens is 1100 g/mol. The van der Waals surface area contributed by atoms with Gasteiger partial charge in [-0.25, -0.2) is 0 Å². The third kappa shape index (κ3) is 34.7. The molecule has 0 spiro atoms. The summed E-state index contributed by atoms with van der Waals surface area (Å²) in [6.45, 7) is 12.0. The second-order valence-corrected chi connectivity index (χ2v) is 27.7. The minimum atomic E-state index is -0.431. The van der Waals surface area contributed by atoms with E-state index in [9.17, 15) is 33.9 Å². The van der Waals surface area contributed by atoms with Gasteiger partial charge in [0.1, 0.15) is 39.6 Å². The zero-order valence-electron chi connectivity index (χ0n) is 56.0. The number of carbonyl (C=O) groups is 6. The molecule has 0 heterocycles. The lowest BCUT2D eigenvalue weighted by molar-refractivity contribution is -0.161. The highest BCUT2D eigenvalue weighted by atomic mass is 16.6. The average Bonchev–Trinajstić information content (AvgIpc) is 3.55. The predicted octanol–water partition coefficient (Wildman–Crippen LogP) is 16.6. The van der Waals surface area contributed by atoms with Gasteiger partial charge in [-0.1, -0.05) is 143 Å². The molecule has 4 aliphatic carbocycles. The lowest BCUT2D eigenvalue weighted by Gasteiger charge is -2.28. The van der Waals surface area contributed by atoms with Gasteiger partial charge >= 0.3 is 35.8 Å². The number of aliphatic hydroxyl groups excluding tert-OH is 1. The first kappa shape index (κ1) is 76.2. The van der Waals surface area contributed by atoms with Crippen molar-refractivity contribution in [2.75, 3.05) is 65.9 Å². The van der Waals surface area contributed by atoms with Crippen LogP contribution in [0, 0.1) is 59.2 Å². The zero-order chi connectivity index (χ0) is 62.5. The quantitative estimate of drug-likeness (QED) is 0.0345. The van der Waals surface area contributed by atoms with Crippen molar-refractivity contribution in [1.82, 2.24) is 4.90 Å². The number of nitrogens with zero attached hydrogens (tertiary/aromatic N) is 1. The summed E-state index contributed by atoms with van der Waals surface area (Å²) in [7, 11) is 0. The van der Waals surface area contributed by atoms with Crippen LogP contribution in [0.25, 0.3) is 0 Å². The van der Waals surface area contributed by atoms with Crippen LogP contribution in [0.4, 0.5) is 0 Å². The maximum Gasteiger partial charge on any atom is 0.308 e. The number of ether oxygens (including phenoxy) is 6. The van der Waals surface area contributed by atoms with Crippen molar-refractivity contribution in [2.45, 2.75) is 304 Å². The fourth-order valence-corrected chi connectivity index (χ4v) is 14.1. The Kier molecular flexibility index (Phi) is 42.5. The maximum absolute atomic E-state index is 13.3. The Hall–Kier alpha value is -3.26. The van der Waals surface area contributed by atoms with Crippen molar-refractivity contribution in [2.24, 2.45) is 59.2 Å². The highest BCUT2D eigenvalue weighted by molar-refractivity contribution is 5.74. The van der Waals surface area contributed by atoms with Gasteiger partial charge in [-0.2, -0.15) is 0 Å². The van der Waals surface area contributed by atoms with Gasteiger partial charge in [0.2, 0.25) is 0 Å². The van der Waals surface area contributed by atoms with E-state index in [2.05, 4.69) is 32.6 Å². The van der Waals surface area contributed by atoms with E-state index in [4.69, 9.17) is 28.4 Å². The average molecular weight is 1230 g/mol. The first-order valence-electron chi connectivity index (χ1n) is 36.8. The normalized spacial score (nSPS) is 23.1. The molecule has 0 aromatic rings. The molecule has 4 aliphatic rings. The van der Waals surface area contributed by atoms with Gasteiger partial charge in [0.05, 0.1) is 35.5 Å². The molecule has 0 saturated heterocycles. The summed E-state index contributed by atoms with van der Waals surface area (Å²) in [6.07, 6.45) is 43.2. The highest BCUT2D eigenvalue weighted by Gasteiger charge is 2.33. The number of unbranched alkanes of at least 4 members (excludes halogenated alkanes) is 14. The molecule has 0 atom stereocenters. The third-order valence-electron chi connectivity index (χ3n) is 20.2. The van der Waals surface area contributed by atoms with Crippen LogP contribution in [0.1, 0.15) is 304 Å². The molecule has 0 aromatic heterocycles. The van der Waals surface area contributed by atoms with Gasteiger partial charge in [0.15, 0.2) is 0 Å². The molecule has 14 heteroatoms. The molecule has 0 aromatic carbocycles. The van der Waals surface area contributed by atoms with Crippen molar-refractivity contribution >= 4 is 35.8 Å². The Balaban J connectivity index is 1.17. The second-order valence-electron chi connectivity index (χ2n) is 27.7. The molecule has 4 saturated carbocycles. The third-order valence-corrected chi connectivity index (χ3v) is 20.2. The molecule has 0 unspecified atom stereocenters. The molecule has 0 amide bonds. The second kappa shape index (κ2) is 48.5. The monoisotopic (exact) mass is 1230 g/mol.